The minimum absolute atomic E-state index is 0.180. The van der Waals surface area contributed by atoms with Crippen molar-refractivity contribution in [2.24, 2.45) is 11.0 Å². The number of rotatable bonds is 5. The van der Waals surface area contributed by atoms with E-state index in [9.17, 15) is 8.42 Å². The van der Waals surface area contributed by atoms with Gasteiger partial charge in [-0.3, -0.25) is 0 Å². The predicted molar refractivity (Wildman–Crippen MR) is 113 cm³/mol. The summed E-state index contributed by atoms with van der Waals surface area (Å²) in [6.07, 6.45) is 12.6. The Hall–Kier alpha value is -1.87. The van der Waals surface area contributed by atoms with Gasteiger partial charge < -0.3 is 0 Å². The third-order valence-electron chi connectivity index (χ3n) is 5.45. The van der Waals surface area contributed by atoms with Gasteiger partial charge in [-0.05, 0) is 44.7 Å². The van der Waals surface area contributed by atoms with E-state index in [4.69, 9.17) is 5.26 Å². The van der Waals surface area contributed by atoms with Gasteiger partial charge in [0, 0.05) is 18.1 Å². The molecule has 0 saturated heterocycles. The third kappa shape index (κ3) is 7.63. The zero-order chi connectivity index (χ0) is 20.2. The van der Waals surface area contributed by atoms with Crippen LogP contribution in [0.4, 0.5) is 0 Å². The third-order valence-corrected chi connectivity index (χ3v) is 6.68. The van der Waals surface area contributed by atoms with Crippen LogP contribution in [0.2, 0.25) is 0 Å². The van der Waals surface area contributed by atoms with Crippen molar-refractivity contribution in [3.8, 4) is 6.07 Å². The zero-order valence-electron chi connectivity index (χ0n) is 17.0. The van der Waals surface area contributed by atoms with Crippen molar-refractivity contribution in [3.63, 3.8) is 0 Å². The van der Waals surface area contributed by atoms with E-state index in [2.05, 4.69) is 16.0 Å². The molecule has 1 saturated carbocycles. The molecule has 0 aliphatic heterocycles. The highest BCUT2D eigenvalue weighted by atomic mass is 32.2. The Labute approximate surface area is 170 Å². The fourth-order valence-electron chi connectivity index (χ4n) is 3.71. The van der Waals surface area contributed by atoms with Crippen LogP contribution in [-0.4, -0.2) is 14.1 Å². The van der Waals surface area contributed by atoms with Gasteiger partial charge >= 0.3 is 0 Å². The highest BCUT2D eigenvalue weighted by molar-refractivity contribution is 7.89. The number of aryl methyl sites for hydroxylation is 1. The Morgan fingerprint density at radius 3 is 2.29 bits per heavy atom. The van der Waals surface area contributed by atoms with E-state index in [0.717, 1.165) is 49.8 Å². The van der Waals surface area contributed by atoms with Crippen LogP contribution in [0.3, 0.4) is 0 Å². The van der Waals surface area contributed by atoms with Gasteiger partial charge in [0.2, 0.25) is 0 Å². The van der Waals surface area contributed by atoms with Crippen LogP contribution in [0.1, 0.15) is 82.6 Å². The van der Waals surface area contributed by atoms with Crippen molar-refractivity contribution in [2.75, 3.05) is 0 Å². The lowest BCUT2D eigenvalue weighted by atomic mass is 9.88. The first-order valence-electron chi connectivity index (χ1n) is 10.5. The lowest BCUT2D eigenvalue weighted by Crippen LogP contribution is -2.24. The summed E-state index contributed by atoms with van der Waals surface area (Å²) in [5.74, 6) is 0.180. The molecule has 1 aromatic carbocycles. The number of benzene rings is 1. The quantitative estimate of drug-likeness (QED) is 0.662. The molecule has 1 aliphatic rings. The molecule has 5 nitrogen and oxygen atoms in total. The average molecular weight is 404 g/mol. The van der Waals surface area contributed by atoms with Crippen LogP contribution in [0.15, 0.2) is 34.3 Å². The van der Waals surface area contributed by atoms with Gasteiger partial charge in [-0.15, -0.1) is 0 Å². The summed E-state index contributed by atoms with van der Waals surface area (Å²) in [6.45, 7) is 1.93. The molecule has 1 atom stereocenters. The number of nitrogens with zero attached hydrogens (tertiary/aromatic N) is 2. The van der Waals surface area contributed by atoms with Gasteiger partial charge in [0.25, 0.3) is 10.0 Å². The summed E-state index contributed by atoms with van der Waals surface area (Å²) >= 11 is 0. The maximum Gasteiger partial charge on any atom is 0.276 e. The van der Waals surface area contributed by atoms with E-state index in [1.165, 1.54) is 32.1 Å². The monoisotopic (exact) mass is 403 g/mol. The van der Waals surface area contributed by atoms with E-state index in [0.29, 0.717) is 6.42 Å². The standard InChI is InChI=1S/C22H33N3O2S/c1-19-14-16-21(17-15-19)28(26,27)25-24-22-13-9-7-5-3-2-4-6-8-11-20(22)12-10-18-23/h14-17,20,25H,2-13H2,1H3. The van der Waals surface area contributed by atoms with Crippen LogP contribution >= 0.6 is 0 Å². The van der Waals surface area contributed by atoms with Gasteiger partial charge in [0.15, 0.2) is 0 Å². The second-order valence-corrected chi connectivity index (χ2v) is 9.43. The second kappa shape index (κ2) is 11.9. The molecule has 0 radical (unpaired) electrons. The number of nitrogens with one attached hydrogen (secondary N) is 1. The molecule has 28 heavy (non-hydrogen) atoms. The normalized spacial score (nSPS) is 21.3. The van der Waals surface area contributed by atoms with Crippen molar-refractivity contribution in [1.82, 2.24) is 4.83 Å². The average Bonchev–Trinajstić information content (AvgIpc) is 2.67. The second-order valence-electron chi connectivity index (χ2n) is 7.77. The Balaban J connectivity index is 2.16. The molecule has 0 spiro atoms. The predicted octanol–water partition coefficient (Wildman–Crippen LogP) is 5.46. The van der Waals surface area contributed by atoms with Gasteiger partial charge in [-0.2, -0.15) is 18.8 Å². The SMILES string of the molecule is Cc1ccc(S(=O)(=O)NN=C2CCCCCCCCCCC2CCC#N)cc1. The van der Waals surface area contributed by atoms with Crippen molar-refractivity contribution in [2.45, 2.75) is 88.9 Å². The number of hydrogen-bond donors (Lipinski definition) is 1. The molecule has 0 amide bonds. The molecule has 2 rings (SSSR count). The first-order valence-corrected chi connectivity index (χ1v) is 12.0. The maximum atomic E-state index is 12.6. The van der Waals surface area contributed by atoms with Gasteiger partial charge in [0.05, 0.1) is 11.0 Å². The van der Waals surface area contributed by atoms with Crippen molar-refractivity contribution >= 4 is 15.7 Å². The Morgan fingerprint density at radius 1 is 1.04 bits per heavy atom. The number of sulfonamides is 1. The fourth-order valence-corrected chi connectivity index (χ4v) is 4.55. The molecule has 1 unspecified atom stereocenters. The number of hydrazone groups is 1. The van der Waals surface area contributed by atoms with Crippen LogP contribution < -0.4 is 4.83 Å². The van der Waals surface area contributed by atoms with E-state index in [-0.39, 0.29) is 10.8 Å². The smallest absolute Gasteiger partial charge is 0.200 e. The molecule has 0 bridgehead atoms. The van der Waals surface area contributed by atoms with Crippen LogP contribution in [0.5, 0.6) is 0 Å². The molecule has 154 valence electrons. The highest BCUT2D eigenvalue weighted by Crippen LogP contribution is 2.23. The van der Waals surface area contributed by atoms with E-state index in [1.807, 2.05) is 6.92 Å². The van der Waals surface area contributed by atoms with Crippen LogP contribution in [0, 0.1) is 24.2 Å². The van der Waals surface area contributed by atoms with E-state index in [1.54, 1.807) is 24.3 Å². The largest absolute Gasteiger partial charge is 0.276 e. The summed E-state index contributed by atoms with van der Waals surface area (Å²) in [5.41, 5.74) is 1.92. The lowest BCUT2D eigenvalue weighted by Gasteiger charge is -2.19. The van der Waals surface area contributed by atoms with Gasteiger partial charge in [-0.1, -0.05) is 62.6 Å². The molecule has 1 N–H and O–H groups in total. The summed E-state index contributed by atoms with van der Waals surface area (Å²) in [5, 5.41) is 13.4. The highest BCUT2D eigenvalue weighted by Gasteiger charge is 2.19. The first kappa shape index (κ1) is 22.4. The fraction of sp³-hybridized carbons (Fsp3) is 0.636. The zero-order valence-corrected chi connectivity index (χ0v) is 17.8. The minimum Gasteiger partial charge on any atom is -0.200 e. The summed E-state index contributed by atoms with van der Waals surface area (Å²) in [4.78, 5) is 2.69. The topological polar surface area (TPSA) is 82.3 Å². The molecule has 6 heteroatoms. The Bertz CT molecular complexity index is 764. The van der Waals surface area contributed by atoms with Gasteiger partial charge in [-0.25, -0.2) is 4.83 Å². The van der Waals surface area contributed by atoms with Crippen molar-refractivity contribution in [3.05, 3.63) is 29.8 Å². The lowest BCUT2D eigenvalue weighted by molar-refractivity contribution is 0.493. The first-order chi connectivity index (χ1) is 13.5. The van der Waals surface area contributed by atoms with Crippen LogP contribution in [0.25, 0.3) is 0 Å². The Kier molecular flexibility index (Phi) is 9.49. The minimum atomic E-state index is -3.67. The summed E-state index contributed by atoms with van der Waals surface area (Å²) in [6, 6.07) is 9.01. The number of nitriles is 1. The molecular formula is C22H33N3O2S. The van der Waals surface area contributed by atoms with E-state index >= 15 is 0 Å². The molecule has 1 aromatic rings. The van der Waals surface area contributed by atoms with Crippen LogP contribution in [-0.2, 0) is 10.0 Å². The summed E-state index contributed by atoms with van der Waals surface area (Å²) in [7, 11) is -3.67. The molecule has 0 heterocycles. The molecule has 1 fully saturated rings. The van der Waals surface area contributed by atoms with Crippen molar-refractivity contribution in [1.29, 1.82) is 5.26 Å². The summed E-state index contributed by atoms with van der Waals surface area (Å²) < 4.78 is 25.2. The maximum absolute atomic E-state index is 12.6. The molecule has 1 aliphatic carbocycles. The van der Waals surface area contributed by atoms with E-state index < -0.39 is 10.0 Å². The van der Waals surface area contributed by atoms with Crippen molar-refractivity contribution < 1.29 is 8.42 Å². The molecular weight excluding hydrogens is 370 g/mol. The Morgan fingerprint density at radius 2 is 1.64 bits per heavy atom. The molecule has 0 aromatic heterocycles. The number of hydrogen-bond acceptors (Lipinski definition) is 4. The van der Waals surface area contributed by atoms with Gasteiger partial charge in [0.1, 0.15) is 0 Å².